The lowest BCUT2D eigenvalue weighted by molar-refractivity contribution is 0.0993. The van der Waals surface area contributed by atoms with E-state index in [1.807, 2.05) is 0 Å². The normalized spacial score (nSPS) is 10.2. The van der Waals surface area contributed by atoms with Gasteiger partial charge in [-0.2, -0.15) is 0 Å². The third-order valence-electron chi connectivity index (χ3n) is 4.11. The van der Waals surface area contributed by atoms with Gasteiger partial charge in [-0.1, -0.05) is 24.3 Å². The van der Waals surface area contributed by atoms with Crippen LogP contribution in [0.4, 0.5) is 5.69 Å². The molecule has 28 heavy (non-hydrogen) atoms. The van der Waals surface area contributed by atoms with Gasteiger partial charge in [0.2, 0.25) is 0 Å². The van der Waals surface area contributed by atoms with Crippen molar-refractivity contribution in [3.05, 3.63) is 89.5 Å². The molecule has 3 rings (SSSR count). The highest BCUT2D eigenvalue weighted by Gasteiger charge is 2.09. The van der Waals surface area contributed by atoms with Crippen LogP contribution in [0, 0.1) is 0 Å². The van der Waals surface area contributed by atoms with Crippen LogP contribution in [0.5, 0.6) is 11.5 Å². The van der Waals surface area contributed by atoms with Crippen molar-refractivity contribution in [2.24, 2.45) is 5.73 Å². The van der Waals surface area contributed by atoms with Crippen LogP contribution < -0.4 is 20.5 Å². The zero-order valence-corrected chi connectivity index (χ0v) is 15.3. The van der Waals surface area contributed by atoms with Crippen LogP contribution >= 0.6 is 0 Å². The van der Waals surface area contributed by atoms with E-state index in [2.05, 4.69) is 5.32 Å². The van der Waals surface area contributed by atoms with E-state index in [1.165, 1.54) is 0 Å². The summed E-state index contributed by atoms with van der Waals surface area (Å²) in [4.78, 5) is 23.8. The van der Waals surface area contributed by atoms with E-state index >= 15 is 0 Å². The highest BCUT2D eigenvalue weighted by atomic mass is 16.5. The minimum Gasteiger partial charge on any atom is -0.497 e. The van der Waals surface area contributed by atoms with Gasteiger partial charge < -0.3 is 20.5 Å². The number of benzene rings is 3. The first kappa shape index (κ1) is 19.0. The van der Waals surface area contributed by atoms with E-state index in [-0.39, 0.29) is 12.5 Å². The lowest BCUT2D eigenvalue weighted by Crippen LogP contribution is -2.13. The Bertz CT molecular complexity index is 967. The summed E-state index contributed by atoms with van der Waals surface area (Å²) < 4.78 is 10.8. The van der Waals surface area contributed by atoms with Crippen LogP contribution in [0.1, 0.15) is 26.3 Å². The molecule has 0 bridgehead atoms. The molecule has 3 N–H and O–H groups in total. The Morgan fingerprint density at radius 3 is 2.25 bits per heavy atom. The number of ether oxygens (including phenoxy) is 2. The number of para-hydroxylation sites is 1. The maximum absolute atomic E-state index is 12.4. The molecule has 0 saturated heterocycles. The molecule has 0 aromatic heterocycles. The average Bonchev–Trinajstić information content (AvgIpc) is 2.73. The van der Waals surface area contributed by atoms with E-state index in [0.717, 1.165) is 11.3 Å². The number of hydrogen-bond donors (Lipinski definition) is 2. The van der Waals surface area contributed by atoms with Gasteiger partial charge in [0.15, 0.2) is 0 Å². The molecule has 3 aromatic rings. The van der Waals surface area contributed by atoms with Crippen LogP contribution in [0.25, 0.3) is 0 Å². The fourth-order valence-electron chi connectivity index (χ4n) is 2.59. The summed E-state index contributed by atoms with van der Waals surface area (Å²) in [6.45, 7) is 0.255. The van der Waals surface area contributed by atoms with Crippen LogP contribution in [0.15, 0.2) is 72.8 Å². The van der Waals surface area contributed by atoms with Crippen molar-refractivity contribution < 1.29 is 19.1 Å². The Labute approximate surface area is 162 Å². The number of amides is 2. The summed E-state index contributed by atoms with van der Waals surface area (Å²) >= 11 is 0. The Morgan fingerprint density at radius 1 is 0.929 bits per heavy atom. The second-order valence-corrected chi connectivity index (χ2v) is 6.03. The van der Waals surface area contributed by atoms with Crippen molar-refractivity contribution in [1.82, 2.24) is 0 Å². The molecule has 0 heterocycles. The van der Waals surface area contributed by atoms with E-state index in [9.17, 15) is 9.59 Å². The Hall–Kier alpha value is -3.80. The molecule has 0 fully saturated rings. The number of primary amides is 1. The lowest BCUT2D eigenvalue weighted by Gasteiger charge is -2.10. The minimum absolute atomic E-state index is 0.211. The maximum Gasteiger partial charge on any atom is 0.255 e. The fraction of sp³-hybridized carbons (Fsp3) is 0.0909. The smallest absolute Gasteiger partial charge is 0.255 e. The molecule has 0 aliphatic carbocycles. The Morgan fingerprint density at radius 2 is 1.61 bits per heavy atom. The molecule has 0 aliphatic heterocycles. The van der Waals surface area contributed by atoms with Gasteiger partial charge in [-0.15, -0.1) is 0 Å². The SMILES string of the molecule is COc1ccc(NC(=O)c2ccc(COc3ccccc3C(N)=O)cc2)cc1. The van der Waals surface area contributed by atoms with Crippen molar-refractivity contribution in [2.45, 2.75) is 6.61 Å². The standard InChI is InChI=1S/C22H20N2O4/c1-27-18-12-10-17(11-13-18)24-22(26)16-8-6-15(7-9-16)14-28-20-5-3-2-4-19(20)21(23)25/h2-13H,14H2,1H3,(H2,23,25)(H,24,26). The van der Waals surface area contributed by atoms with Crippen molar-refractivity contribution in [3.8, 4) is 11.5 Å². The predicted molar refractivity (Wildman–Crippen MR) is 107 cm³/mol. The molecule has 0 atom stereocenters. The molecule has 0 saturated carbocycles. The summed E-state index contributed by atoms with van der Waals surface area (Å²) in [5.74, 6) is 0.398. The average molecular weight is 376 g/mol. The molecule has 6 heteroatoms. The second kappa shape index (κ2) is 8.73. The molecular weight excluding hydrogens is 356 g/mol. The first-order valence-corrected chi connectivity index (χ1v) is 8.63. The van der Waals surface area contributed by atoms with Crippen LogP contribution in [-0.4, -0.2) is 18.9 Å². The maximum atomic E-state index is 12.4. The van der Waals surface area contributed by atoms with Crippen LogP contribution in [0.2, 0.25) is 0 Å². The summed E-state index contributed by atoms with van der Waals surface area (Å²) in [6.07, 6.45) is 0. The third-order valence-corrected chi connectivity index (χ3v) is 4.11. The number of nitrogens with one attached hydrogen (secondary N) is 1. The zero-order chi connectivity index (χ0) is 19.9. The van der Waals surface area contributed by atoms with Crippen LogP contribution in [-0.2, 0) is 6.61 Å². The molecule has 142 valence electrons. The van der Waals surface area contributed by atoms with Gasteiger partial charge >= 0.3 is 0 Å². The summed E-state index contributed by atoms with van der Waals surface area (Å²) in [5, 5.41) is 2.83. The molecule has 2 amide bonds. The van der Waals surface area contributed by atoms with E-state index in [4.69, 9.17) is 15.2 Å². The minimum atomic E-state index is -0.541. The van der Waals surface area contributed by atoms with Crippen molar-refractivity contribution in [3.63, 3.8) is 0 Å². The van der Waals surface area contributed by atoms with Crippen LogP contribution in [0.3, 0.4) is 0 Å². The number of nitrogens with two attached hydrogens (primary N) is 1. The molecule has 0 radical (unpaired) electrons. The Balaban J connectivity index is 1.61. The first-order chi connectivity index (χ1) is 13.6. The number of anilines is 1. The molecular formula is C22H20N2O4. The predicted octanol–water partition coefficient (Wildman–Crippen LogP) is 3.63. The van der Waals surface area contributed by atoms with Crippen molar-refractivity contribution in [2.75, 3.05) is 12.4 Å². The van der Waals surface area contributed by atoms with Crippen molar-refractivity contribution >= 4 is 17.5 Å². The topological polar surface area (TPSA) is 90.7 Å². The molecule has 0 spiro atoms. The van der Waals surface area contributed by atoms with Gasteiger partial charge in [0.1, 0.15) is 18.1 Å². The summed E-state index contributed by atoms with van der Waals surface area (Å²) in [6, 6.07) is 20.9. The van der Waals surface area contributed by atoms with Gasteiger partial charge in [-0.3, -0.25) is 9.59 Å². The second-order valence-electron chi connectivity index (χ2n) is 6.03. The van der Waals surface area contributed by atoms with Gasteiger partial charge in [0.25, 0.3) is 11.8 Å². The largest absolute Gasteiger partial charge is 0.497 e. The monoisotopic (exact) mass is 376 g/mol. The molecule has 6 nitrogen and oxygen atoms in total. The highest BCUT2D eigenvalue weighted by molar-refractivity contribution is 6.04. The molecule has 0 aliphatic rings. The summed E-state index contributed by atoms with van der Waals surface area (Å²) in [7, 11) is 1.59. The zero-order valence-electron chi connectivity index (χ0n) is 15.3. The number of hydrogen-bond acceptors (Lipinski definition) is 4. The molecule has 0 unspecified atom stereocenters. The molecule has 3 aromatic carbocycles. The van der Waals surface area contributed by atoms with Gasteiger partial charge in [-0.05, 0) is 54.1 Å². The van der Waals surface area contributed by atoms with Gasteiger partial charge in [-0.25, -0.2) is 0 Å². The van der Waals surface area contributed by atoms with E-state index in [0.29, 0.717) is 22.6 Å². The third kappa shape index (κ3) is 4.67. The number of carbonyl (C=O) groups is 2. The quantitative estimate of drug-likeness (QED) is 0.659. The van der Waals surface area contributed by atoms with E-state index < -0.39 is 5.91 Å². The number of carbonyl (C=O) groups excluding carboxylic acids is 2. The number of rotatable bonds is 7. The van der Waals surface area contributed by atoms with Crippen molar-refractivity contribution in [1.29, 1.82) is 0 Å². The van der Waals surface area contributed by atoms with Gasteiger partial charge in [0.05, 0.1) is 12.7 Å². The lowest BCUT2D eigenvalue weighted by atomic mass is 10.1. The van der Waals surface area contributed by atoms with Gasteiger partial charge in [0, 0.05) is 11.3 Å². The number of methoxy groups -OCH3 is 1. The van der Waals surface area contributed by atoms with E-state index in [1.54, 1.807) is 79.9 Å². The summed E-state index contributed by atoms with van der Waals surface area (Å²) in [5.41, 5.74) is 7.75. The first-order valence-electron chi connectivity index (χ1n) is 8.63. The Kier molecular flexibility index (Phi) is 5.91. The fourth-order valence-corrected chi connectivity index (χ4v) is 2.59. The highest BCUT2D eigenvalue weighted by Crippen LogP contribution is 2.19.